The molecular formula is C9H19NO2. The second-order valence-corrected chi connectivity index (χ2v) is 3.46. The van der Waals surface area contributed by atoms with Gasteiger partial charge in [0, 0.05) is 32.6 Å². The van der Waals surface area contributed by atoms with Crippen LogP contribution in [-0.4, -0.2) is 31.5 Å². The van der Waals surface area contributed by atoms with Gasteiger partial charge in [0.25, 0.3) is 0 Å². The lowest BCUT2D eigenvalue weighted by Crippen LogP contribution is -2.47. The lowest BCUT2D eigenvalue weighted by Gasteiger charge is -2.38. The smallest absolute Gasteiger partial charge is 0.0850 e. The van der Waals surface area contributed by atoms with E-state index in [-0.39, 0.29) is 11.7 Å². The van der Waals surface area contributed by atoms with Gasteiger partial charge >= 0.3 is 0 Å². The van der Waals surface area contributed by atoms with Crippen molar-refractivity contribution < 1.29 is 9.47 Å². The van der Waals surface area contributed by atoms with Crippen LogP contribution >= 0.6 is 0 Å². The van der Waals surface area contributed by atoms with Gasteiger partial charge in [-0.15, -0.1) is 0 Å². The van der Waals surface area contributed by atoms with Crippen molar-refractivity contribution in [3.05, 3.63) is 0 Å². The van der Waals surface area contributed by atoms with Crippen molar-refractivity contribution in [2.75, 3.05) is 19.8 Å². The largest absolute Gasteiger partial charge is 0.378 e. The molecule has 0 aromatic heterocycles. The van der Waals surface area contributed by atoms with Gasteiger partial charge in [-0.2, -0.15) is 0 Å². The van der Waals surface area contributed by atoms with E-state index >= 15 is 0 Å². The molecule has 1 saturated heterocycles. The zero-order valence-corrected chi connectivity index (χ0v) is 8.01. The summed E-state index contributed by atoms with van der Waals surface area (Å²) in [5, 5.41) is 0. The van der Waals surface area contributed by atoms with Crippen molar-refractivity contribution in [1.82, 2.24) is 0 Å². The topological polar surface area (TPSA) is 44.5 Å². The Labute approximate surface area is 74.2 Å². The fourth-order valence-electron chi connectivity index (χ4n) is 1.81. The highest BCUT2D eigenvalue weighted by Gasteiger charge is 2.34. The van der Waals surface area contributed by atoms with E-state index in [9.17, 15) is 0 Å². The molecule has 72 valence electrons. The zero-order chi connectivity index (χ0) is 9.03. The maximum Gasteiger partial charge on any atom is 0.0850 e. The summed E-state index contributed by atoms with van der Waals surface area (Å²) in [7, 11) is 0. The lowest BCUT2D eigenvalue weighted by atomic mass is 9.91. The molecule has 0 spiro atoms. The third-order valence-electron chi connectivity index (χ3n) is 2.44. The van der Waals surface area contributed by atoms with Gasteiger partial charge in [0.15, 0.2) is 0 Å². The Morgan fingerprint density at radius 2 is 2.42 bits per heavy atom. The van der Waals surface area contributed by atoms with Crippen LogP contribution in [0, 0.1) is 0 Å². The Kier molecular flexibility index (Phi) is 3.50. The predicted octanol–water partition coefficient (Wildman–Crippen LogP) is 0.919. The van der Waals surface area contributed by atoms with E-state index in [1.54, 1.807) is 0 Å². The average Bonchev–Trinajstić information content (AvgIpc) is 2.05. The Balaban J connectivity index is 2.51. The average molecular weight is 173 g/mol. The number of hydrogen-bond donors (Lipinski definition) is 1. The van der Waals surface area contributed by atoms with Gasteiger partial charge in [0.05, 0.1) is 11.7 Å². The van der Waals surface area contributed by atoms with Crippen LogP contribution < -0.4 is 5.73 Å². The molecule has 0 aromatic carbocycles. The zero-order valence-electron chi connectivity index (χ0n) is 8.01. The summed E-state index contributed by atoms with van der Waals surface area (Å²) in [6.45, 7) is 6.21. The van der Waals surface area contributed by atoms with Crippen LogP contribution in [0.1, 0.15) is 26.7 Å². The third-order valence-corrected chi connectivity index (χ3v) is 2.44. The molecule has 2 atom stereocenters. The van der Waals surface area contributed by atoms with Crippen LogP contribution in [0.2, 0.25) is 0 Å². The number of ether oxygens (including phenoxy) is 2. The van der Waals surface area contributed by atoms with E-state index in [4.69, 9.17) is 15.2 Å². The van der Waals surface area contributed by atoms with Gasteiger partial charge in [0.2, 0.25) is 0 Å². The monoisotopic (exact) mass is 173 g/mol. The van der Waals surface area contributed by atoms with Gasteiger partial charge in [0.1, 0.15) is 0 Å². The first-order valence-corrected chi connectivity index (χ1v) is 4.68. The molecule has 3 heteroatoms. The predicted molar refractivity (Wildman–Crippen MR) is 48.1 cm³/mol. The Morgan fingerprint density at radius 3 is 2.92 bits per heavy atom. The highest BCUT2D eigenvalue weighted by Crippen LogP contribution is 2.27. The maximum atomic E-state index is 5.71. The third kappa shape index (κ3) is 2.19. The Bertz CT molecular complexity index is 136. The molecule has 1 heterocycles. The van der Waals surface area contributed by atoms with Crippen LogP contribution in [0.15, 0.2) is 0 Å². The summed E-state index contributed by atoms with van der Waals surface area (Å²) in [5.74, 6) is 0. The number of nitrogens with two attached hydrogens (primary N) is 1. The summed E-state index contributed by atoms with van der Waals surface area (Å²) >= 11 is 0. The Morgan fingerprint density at radius 1 is 1.67 bits per heavy atom. The molecule has 2 unspecified atom stereocenters. The standard InChI is InChI=1S/C9H19NO2/c1-3-12-9(7-10)4-5-11-8(2)6-9/h8H,3-7,10H2,1-2H3. The van der Waals surface area contributed by atoms with Crippen molar-refractivity contribution in [3.63, 3.8) is 0 Å². The van der Waals surface area contributed by atoms with Crippen molar-refractivity contribution in [1.29, 1.82) is 0 Å². The van der Waals surface area contributed by atoms with E-state index in [0.717, 1.165) is 26.1 Å². The summed E-state index contributed by atoms with van der Waals surface area (Å²) < 4.78 is 11.1. The van der Waals surface area contributed by atoms with Crippen molar-refractivity contribution >= 4 is 0 Å². The summed E-state index contributed by atoms with van der Waals surface area (Å²) in [5.41, 5.74) is 5.60. The van der Waals surface area contributed by atoms with E-state index in [1.807, 2.05) is 6.92 Å². The minimum Gasteiger partial charge on any atom is -0.378 e. The maximum absolute atomic E-state index is 5.71. The molecule has 2 N–H and O–H groups in total. The molecule has 0 saturated carbocycles. The quantitative estimate of drug-likeness (QED) is 0.690. The summed E-state index contributed by atoms with van der Waals surface area (Å²) in [6.07, 6.45) is 2.15. The van der Waals surface area contributed by atoms with Crippen LogP contribution in [0.3, 0.4) is 0 Å². The van der Waals surface area contributed by atoms with Crippen molar-refractivity contribution in [3.8, 4) is 0 Å². The second-order valence-electron chi connectivity index (χ2n) is 3.46. The van der Waals surface area contributed by atoms with E-state index in [2.05, 4.69) is 6.92 Å². The molecule has 0 radical (unpaired) electrons. The molecular weight excluding hydrogens is 154 g/mol. The number of rotatable bonds is 3. The van der Waals surface area contributed by atoms with Gasteiger partial charge < -0.3 is 15.2 Å². The van der Waals surface area contributed by atoms with Gasteiger partial charge in [-0.3, -0.25) is 0 Å². The first-order chi connectivity index (χ1) is 5.72. The van der Waals surface area contributed by atoms with E-state index < -0.39 is 0 Å². The molecule has 12 heavy (non-hydrogen) atoms. The minimum atomic E-state index is -0.105. The van der Waals surface area contributed by atoms with Crippen LogP contribution in [0.4, 0.5) is 0 Å². The van der Waals surface area contributed by atoms with Gasteiger partial charge in [-0.05, 0) is 13.8 Å². The van der Waals surface area contributed by atoms with Crippen molar-refractivity contribution in [2.45, 2.75) is 38.4 Å². The molecule has 0 aliphatic carbocycles. The Hall–Kier alpha value is -0.120. The highest BCUT2D eigenvalue weighted by molar-refractivity contribution is 4.87. The second kappa shape index (κ2) is 4.21. The summed E-state index contributed by atoms with van der Waals surface area (Å²) in [6, 6.07) is 0. The summed E-state index contributed by atoms with van der Waals surface area (Å²) in [4.78, 5) is 0. The molecule has 0 amide bonds. The normalized spacial score (nSPS) is 36.8. The molecule has 0 bridgehead atoms. The SMILES string of the molecule is CCOC1(CN)CCOC(C)C1. The highest BCUT2D eigenvalue weighted by atomic mass is 16.5. The van der Waals surface area contributed by atoms with Gasteiger partial charge in [-0.1, -0.05) is 0 Å². The van der Waals surface area contributed by atoms with Crippen LogP contribution in [0.5, 0.6) is 0 Å². The number of hydrogen-bond acceptors (Lipinski definition) is 3. The molecule has 1 fully saturated rings. The lowest BCUT2D eigenvalue weighted by molar-refractivity contribution is -0.125. The fraction of sp³-hybridized carbons (Fsp3) is 1.00. The minimum absolute atomic E-state index is 0.105. The van der Waals surface area contributed by atoms with Crippen LogP contribution in [0.25, 0.3) is 0 Å². The first-order valence-electron chi connectivity index (χ1n) is 4.68. The molecule has 1 rings (SSSR count). The van der Waals surface area contributed by atoms with Gasteiger partial charge in [-0.25, -0.2) is 0 Å². The molecule has 1 aliphatic heterocycles. The van der Waals surface area contributed by atoms with E-state index in [0.29, 0.717) is 6.54 Å². The molecule has 0 aromatic rings. The van der Waals surface area contributed by atoms with Crippen LogP contribution in [-0.2, 0) is 9.47 Å². The van der Waals surface area contributed by atoms with E-state index in [1.165, 1.54) is 0 Å². The first kappa shape index (κ1) is 9.96. The van der Waals surface area contributed by atoms with Crippen molar-refractivity contribution in [2.24, 2.45) is 5.73 Å². The molecule has 3 nitrogen and oxygen atoms in total. The molecule has 1 aliphatic rings. The fourth-order valence-corrected chi connectivity index (χ4v) is 1.81.